The van der Waals surface area contributed by atoms with Gasteiger partial charge in [-0.2, -0.15) is 4.31 Å². The Morgan fingerprint density at radius 2 is 2.00 bits per heavy atom. The van der Waals surface area contributed by atoms with Crippen molar-refractivity contribution in [3.63, 3.8) is 0 Å². The van der Waals surface area contributed by atoms with E-state index in [4.69, 9.17) is 16.3 Å². The van der Waals surface area contributed by atoms with Gasteiger partial charge >= 0.3 is 5.97 Å². The number of carbonyl (C=O) groups is 2. The van der Waals surface area contributed by atoms with Gasteiger partial charge in [0, 0.05) is 31.4 Å². The number of carbonyl (C=O) groups excluding carboxylic acids is 2. The van der Waals surface area contributed by atoms with Crippen LogP contribution in [0.25, 0.3) is 0 Å². The molecule has 1 fully saturated rings. The Balaban J connectivity index is 1.50. The minimum atomic E-state index is -3.74. The van der Waals surface area contributed by atoms with Crippen LogP contribution < -0.4 is 5.32 Å². The Bertz CT molecular complexity index is 1080. The fourth-order valence-corrected chi connectivity index (χ4v) is 4.82. The van der Waals surface area contributed by atoms with E-state index in [1.165, 1.54) is 22.6 Å². The van der Waals surface area contributed by atoms with Gasteiger partial charge in [0.15, 0.2) is 11.6 Å². The predicted molar refractivity (Wildman–Crippen MR) is 110 cm³/mol. The Morgan fingerprint density at radius 1 is 1.32 bits per heavy atom. The fourth-order valence-electron chi connectivity index (χ4n) is 3.15. The summed E-state index contributed by atoms with van der Waals surface area (Å²) in [6.07, 6.45) is 1.97. The highest BCUT2D eigenvalue weighted by atomic mass is 35.5. The van der Waals surface area contributed by atoms with Gasteiger partial charge in [-0.3, -0.25) is 9.59 Å². The summed E-state index contributed by atoms with van der Waals surface area (Å²) in [5.41, 5.74) is -0.114. The molecule has 3 rings (SSSR count). The molecule has 2 aromatic rings. The molecular formula is C19H22ClFN4O5S. The highest BCUT2D eigenvalue weighted by Crippen LogP contribution is 2.24. The number of hydrogen-bond donors (Lipinski definition) is 1. The van der Waals surface area contributed by atoms with E-state index in [9.17, 15) is 22.4 Å². The number of hydrogen-bond acceptors (Lipinski definition) is 6. The molecule has 2 heterocycles. The first kappa shape index (κ1) is 23.2. The predicted octanol–water partition coefficient (Wildman–Crippen LogP) is 2.10. The van der Waals surface area contributed by atoms with Crippen molar-refractivity contribution in [1.29, 1.82) is 0 Å². The van der Waals surface area contributed by atoms with Crippen LogP contribution in [0.5, 0.6) is 0 Å². The number of imidazole rings is 1. The van der Waals surface area contributed by atoms with Crippen molar-refractivity contribution in [3.05, 3.63) is 41.1 Å². The van der Waals surface area contributed by atoms with E-state index in [1.54, 1.807) is 18.5 Å². The van der Waals surface area contributed by atoms with Crippen LogP contribution in [0.15, 0.2) is 29.4 Å². The van der Waals surface area contributed by atoms with Crippen molar-refractivity contribution in [3.8, 4) is 0 Å². The molecule has 0 radical (unpaired) electrons. The van der Waals surface area contributed by atoms with Gasteiger partial charge in [0.25, 0.3) is 15.9 Å². The lowest BCUT2D eigenvalue weighted by Gasteiger charge is -2.29. The van der Waals surface area contributed by atoms with Gasteiger partial charge in [-0.05, 0) is 38.0 Å². The third kappa shape index (κ3) is 5.41. The summed E-state index contributed by atoms with van der Waals surface area (Å²) < 4.78 is 47.0. The third-order valence-corrected chi connectivity index (χ3v) is 7.03. The monoisotopic (exact) mass is 472 g/mol. The summed E-state index contributed by atoms with van der Waals surface area (Å²) >= 11 is 5.77. The van der Waals surface area contributed by atoms with Gasteiger partial charge in [-0.1, -0.05) is 11.6 Å². The number of benzene rings is 1. The molecule has 9 nitrogen and oxygen atoms in total. The van der Waals surface area contributed by atoms with Crippen molar-refractivity contribution >= 4 is 39.2 Å². The van der Waals surface area contributed by atoms with Gasteiger partial charge in [0.05, 0.1) is 11.6 Å². The zero-order chi connectivity index (χ0) is 22.8. The summed E-state index contributed by atoms with van der Waals surface area (Å²) in [5.74, 6) is -1.94. The molecule has 12 heteroatoms. The topological polar surface area (TPSA) is 111 Å². The molecule has 31 heavy (non-hydrogen) atoms. The number of halogens is 2. The molecule has 1 saturated heterocycles. The first-order chi connectivity index (χ1) is 14.6. The van der Waals surface area contributed by atoms with Gasteiger partial charge < -0.3 is 14.6 Å². The van der Waals surface area contributed by atoms with Crippen LogP contribution >= 0.6 is 11.6 Å². The van der Waals surface area contributed by atoms with Crippen molar-refractivity contribution < 1.29 is 27.1 Å². The van der Waals surface area contributed by atoms with Crippen LogP contribution in [0.4, 0.5) is 10.1 Å². The van der Waals surface area contributed by atoms with Crippen LogP contribution in [0.3, 0.4) is 0 Å². The van der Waals surface area contributed by atoms with Crippen LogP contribution in [0.2, 0.25) is 5.02 Å². The number of piperidine rings is 1. The maximum Gasteiger partial charge on any atom is 0.309 e. The van der Waals surface area contributed by atoms with Crippen LogP contribution in [-0.2, 0) is 31.4 Å². The quantitative estimate of drug-likeness (QED) is 0.644. The lowest BCUT2D eigenvalue weighted by Crippen LogP contribution is -2.41. The molecule has 0 saturated carbocycles. The third-order valence-electron chi connectivity index (χ3n) is 5.03. The molecule has 1 amide bonds. The maximum absolute atomic E-state index is 13.7. The fraction of sp³-hybridized carbons (Fsp3) is 0.421. The van der Waals surface area contributed by atoms with Gasteiger partial charge in [0.1, 0.15) is 11.6 Å². The molecule has 1 aromatic heterocycles. The molecule has 0 unspecified atom stereocenters. The average molecular weight is 473 g/mol. The second-order valence-electron chi connectivity index (χ2n) is 7.20. The molecule has 168 valence electrons. The first-order valence-electron chi connectivity index (χ1n) is 9.49. The van der Waals surface area contributed by atoms with E-state index in [-0.39, 0.29) is 41.7 Å². The van der Waals surface area contributed by atoms with Gasteiger partial charge in [-0.25, -0.2) is 17.8 Å². The Morgan fingerprint density at radius 3 is 2.61 bits per heavy atom. The summed E-state index contributed by atoms with van der Waals surface area (Å²) in [7, 11) is -2.03. The number of nitrogens with zero attached hydrogens (tertiary/aromatic N) is 3. The van der Waals surface area contributed by atoms with E-state index >= 15 is 0 Å². The lowest BCUT2D eigenvalue weighted by atomic mass is 9.98. The van der Waals surface area contributed by atoms with Gasteiger partial charge in [-0.15, -0.1) is 0 Å². The van der Waals surface area contributed by atoms with E-state index < -0.39 is 40.2 Å². The van der Waals surface area contributed by atoms with E-state index in [0.29, 0.717) is 5.82 Å². The first-order valence-corrected chi connectivity index (χ1v) is 11.3. The maximum atomic E-state index is 13.7. The number of anilines is 1. The van der Waals surface area contributed by atoms with Crippen LogP contribution in [-0.4, -0.2) is 53.8 Å². The molecule has 0 spiro atoms. The average Bonchev–Trinajstić information content (AvgIpc) is 3.08. The minimum absolute atomic E-state index is 0.0292. The SMILES string of the molecule is Cc1nc(S(=O)(=O)N2CCC(C(=O)OCC(=O)Nc3cc(Cl)ccc3F)CC2)cn1C. The van der Waals surface area contributed by atoms with Crippen molar-refractivity contribution in [2.45, 2.75) is 24.8 Å². The summed E-state index contributed by atoms with van der Waals surface area (Å²) in [6.45, 7) is 1.39. The standard InChI is InChI=1S/C19H22ClFN4O5S/c1-12-22-18(10-24(12)2)31(28,29)25-7-5-13(6-8-25)19(27)30-11-17(26)23-16-9-14(20)3-4-15(16)21/h3-4,9-10,13H,5-8,11H2,1-2H3,(H,23,26). The second-order valence-corrected chi connectivity index (χ2v) is 9.52. The highest BCUT2D eigenvalue weighted by Gasteiger charge is 2.34. The number of sulfonamides is 1. The lowest BCUT2D eigenvalue weighted by molar-refractivity contribution is -0.152. The van der Waals surface area contributed by atoms with Crippen molar-refractivity contribution in [1.82, 2.24) is 13.9 Å². The van der Waals surface area contributed by atoms with Crippen molar-refractivity contribution in [2.24, 2.45) is 13.0 Å². The molecule has 1 aliphatic rings. The number of rotatable bonds is 6. The number of aryl methyl sites for hydroxylation is 2. The second kappa shape index (κ2) is 9.33. The summed E-state index contributed by atoms with van der Waals surface area (Å²) in [5, 5.41) is 2.51. The molecular weight excluding hydrogens is 451 g/mol. The number of esters is 1. The van der Waals surface area contributed by atoms with E-state index in [1.807, 2.05) is 0 Å². The minimum Gasteiger partial charge on any atom is -0.455 e. The molecule has 0 bridgehead atoms. The zero-order valence-corrected chi connectivity index (χ0v) is 18.5. The van der Waals surface area contributed by atoms with E-state index in [0.717, 1.165) is 6.07 Å². The highest BCUT2D eigenvalue weighted by molar-refractivity contribution is 7.89. The van der Waals surface area contributed by atoms with E-state index in [2.05, 4.69) is 10.3 Å². The number of nitrogens with one attached hydrogen (secondary N) is 1. The number of ether oxygens (including phenoxy) is 1. The van der Waals surface area contributed by atoms with Crippen LogP contribution in [0.1, 0.15) is 18.7 Å². The largest absolute Gasteiger partial charge is 0.455 e. The van der Waals surface area contributed by atoms with Crippen molar-refractivity contribution in [2.75, 3.05) is 25.0 Å². The Labute approximate surface area is 184 Å². The van der Waals surface area contributed by atoms with Gasteiger partial charge in [0.2, 0.25) is 0 Å². The number of aromatic nitrogens is 2. The summed E-state index contributed by atoms with van der Waals surface area (Å²) in [6, 6.07) is 3.70. The molecule has 1 aliphatic heterocycles. The summed E-state index contributed by atoms with van der Waals surface area (Å²) in [4.78, 5) is 28.3. The molecule has 1 N–H and O–H groups in total. The normalized spacial score (nSPS) is 15.6. The molecule has 0 aliphatic carbocycles. The molecule has 0 atom stereocenters. The Kier molecular flexibility index (Phi) is 6.97. The van der Waals surface area contributed by atoms with Crippen LogP contribution in [0, 0.1) is 18.7 Å². The smallest absolute Gasteiger partial charge is 0.309 e. The number of amides is 1. The Hall–Kier alpha value is -2.50. The molecule has 1 aromatic carbocycles. The zero-order valence-electron chi connectivity index (χ0n) is 17.0.